The highest BCUT2D eigenvalue weighted by atomic mass is 32.2. The molecular weight excluding hydrogens is 214 g/mol. The first-order valence-electron chi connectivity index (χ1n) is 5.69. The van der Waals surface area contributed by atoms with Crippen molar-refractivity contribution in [3.8, 4) is 0 Å². The van der Waals surface area contributed by atoms with Crippen LogP contribution in [-0.2, 0) is 9.84 Å². The van der Waals surface area contributed by atoms with E-state index in [2.05, 4.69) is 5.32 Å². The second-order valence-electron chi connectivity index (χ2n) is 4.68. The molecule has 2 heterocycles. The van der Waals surface area contributed by atoms with Gasteiger partial charge in [0, 0.05) is 6.04 Å². The number of hydrogen-bond donors (Lipinski definition) is 2. The third-order valence-corrected chi connectivity index (χ3v) is 6.03. The lowest BCUT2D eigenvalue weighted by Crippen LogP contribution is -2.36. The fraction of sp³-hybridized carbons (Fsp3) is 1.00. The summed E-state index contributed by atoms with van der Waals surface area (Å²) < 4.78 is 23.7. The molecule has 2 saturated heterocycles. The molecule has 2 N–H and O–H groups in total. The Hall–Kier alpha value is -0.130. The van der Waals surface area contributed by atoms with Crippen molar-refractivity contribution in [2.75, 3.05) is 18.9 Å². The Morgan fingerprint density at radius 3 is 2.73 bits per heavy atom. The minimum absolute atomic E-state index is 0.104. The lowest BCUT2D eigenvalue weighted by Gasteiger charge is -2.26. The van der Waals surface area contributed by atoms with Crippen LogP contribution in [0.25, 0.3) is 0 Å². The van der Waals surface area contributed by atoms with Crippen molar-refractivity contribution in [1.29, 1.82) is 0 Å². The average Bonchev–Trinajstić information content (AvgIpc) is 2.65. The molecule has 0 aromatic heterocycles. The summed E-state index contributed by atoms with van der Waals surface area (Å²) in [5.41, 5.74) is 0. The van der Waals surface area contributed by atoms with Gasteiger partial charge in [0.25, 0.3) is 0 Å². The van der Waals surface area contributed by atoms with Crippen molar-refractivity contribution in [2.45, 2.75) is 37.0 Å². The van der Waals surface area contributed by atoms with Crippen LogP contribution >= 0.6 is 0 Å². The summed E-state index contributed by atoms with van der Waals surface area (Å²) in [5, 5.41) is 12.0. The van der Waals surface area contributed by atoms with Gasteiger partial charge < -0.3 is 10.4 Å². The number of aliphatic hydroxyl groups is 1. The first-order valence-corrected chi connectivity index (χ1v) is 7.41. The molecule has 88 valence electrons. The van der Waals surface area contributed by atoms with E-state index in [0.717, 1.165) is 32.2 Å². The Labute approximate surface area is 91.0 Å². The maximum atomic E-state index is 11.9. The van der Waals surface area contributed by atoms with Crippen LogP contribution in [0.3, 0.4) is 0 Å². The molecule has 0 bridgehead atoms. The third kappa shape index (κ3) is 2.34. The Morgan fingerprint density at radius 2 is 2.13 bits per heavy atom. The van der Waals surface area contributed by atoms with Gasteiger partial charge in [-0.2, -0.15) is 0 Å². The molecule has 0 aromatic rings. The summed E-state index contributed by atoms with van der Waals surface area (Å²) in [5.74, 6) is 0.574. The molecule has 0 aromatic carbocycles. The van der Waals surface area contributed by atoms with Crippen LogP contribution in [0.1, 0.15) is 25.7 Å². The van der Waals surface area contributed by atoms with Crippen LogP contribution in [0.2, 0.25) is 0 Å². The second-order valence-corrected chi connectivity index (χ2v) is 7.02. The van der Waals surface area contributed by atoms with Gasteiger partial charge in [-0.1, -0.05) is 6.42 Å². The van der Waals surface area contributed by atoms with E-state index in [-0.39, 0.29) is 23.8 Å². The first-order chi connectivity index (χ1) is 7.13. The van der Waals surface area contributed by atoms with Gasteiger partial charge in [-0.25, -0.2) is 8.42 Å². The van der Waals surface area contributed by atoms with Crippen molar-refractivity contribution in [3.05, 3.63) is 0 Å². The molecule has 0 aliphatic carbocycles. The van der Waals surface area contributed by atoms with E-state index in [4.69, 9.17) is 5.11 Å². The summed E-state index contributed by atoms with van der Waals surface area (Å²) in [4.78, 5) is 0. The van der Waals surface area contributed by atoms with Crippen LogP contribution < -0.4 is 5.32 Å². The summed E-state index contributed by atoms with van der Waals surface area (Å²) in [7, 11) is -2.86. The highest BCUT2D eigenvalue weighted by Crippen LogP contribution is 2.30. The Morgan fingerprint density at radius 1 is 1.33 bits per heavy atom. The molecule has 4 nitrogen and oxygen atoms in total. The zero-order chi connectivity index (χ0) is 10.9. The number of rotatable bonds is 2. The summed E-state index contributed by atoms with van der Waals surface area (Å²) >= 11 is 0. The lowest BCUT2D eigenvalue weighted by atomic mass is 9.97. The molecule has 2 aliphatic rings. The maximum Gasteiger partial charge on any atom is 0.153 e. The van der Waals surface area contributed by atoms with E-state index >= 15 is 0 Å². The minimum atomic E-state index is -2.86. The molecule has 0 radical (unpaired) electrons. The summed E-state index contributed by atoms with van der Waals surface area (Å²) in [6, 6.07) is 0.104. The molecule has 0 saturated carbocycles. The number of nitrogens with one attached hydrogen (secondary N) is 1. The van der Waals surface area contributed by atoms with E-state index in [9.17, 15) is 8.42 Å². The van der Waals surface area contributed by atoms with E-state index in [1.807, 2.05) is 0 Å². The number of hydrogen-bond acceptors (Lipinski definition) is 4. The summed E-state index contributed by atoms with van der Waals surface area (Å²) in [6.07, 6.45) is 3.47. The van der Waals surface area contributed by atoms with Gasteiger partial charge in [-0.3, -0.25) is 0 Å². The Kier molecular flexibility index (Phi) is 3.33. The van der Waals surface area contributed by atoms with Crippen LogP contribution in [0.4, 0.5) is 0 Å². The Balaban J connectivity index is 2.04. The Bertz CT molecular complexity index is 315. The van der Waals surface area contributed by atoms with Gasteiger partial charge in [0.1, 0.15) is 0 Å². The molecular formula is C10H19NO3S. The van der Waals surface area contributed by atoms with E-state index in [0.29, 0.717) is 5.75 Å². The highest BCUT2D eigenvalue weighted by molar-refractivity contribution is 7.92. The minimum Gasteiger partial charge on any atom is -0.395 e. The highest BCUT2D eigenvalue weighted by Gasteiger charge is 2.38. The molecule has 2 aliphatic heterocycles. The van der Waals surface area contributed by atoms with Gasteiger partial charge >= 0.3 is 0 Å². The predicted octanol–water partition coefficient (Wildman–Crippen LogP) is -0.0759. The molecule has 3 atom stereocenters. The summed E-state index contributed by atoms with van der Waals surface area (Å²) in [6.45, 7) is 0.860. The standard InChI is InChI=1S/C10H19NO3S/c12-7-9-5-8(6-11-9)10-3-1-2-4-15(10,13)14/h8-12H,1-7H2. The molecule has 0 amide bonds. The van der Waals surface area contributed by atoms with Crippen LogP contribution in [0, 0.1) is 5.92 Å². The number of sulfone groups is 1. The molecule has 3 unspecified atom stereocenters. The van der Waals surface area contributed by atoms with Crippen molar-refractivity contribution < 1.29 is 13.5 Å². The SMILES string of the molecule is O=S1(=O)CCCCC1C1CNC(CO)C1. The molecule has 5 heteroatoms. The van der Waals surface area contributed by atoms with Gasteiger partial charge in [-0.15, -0.1) is 0 Å². The fourth-order valence-electron chi connectivity index (χ4n) is 2.78. The predicted molar refractivity (Wildman–Crippen MR) is 58.4 cm³/mol. The number of aliphatic hydroxyl groups excluding tert-OH is 1. The van der Waals surface area contributed by atoms with Gasteiger partial charge in [0.15, 0.2) is 9.84 Å². The molecule has 2 rings (SSSR count). The van der Waals surface area contributed by atoms with Crippen molar-refractivity contribution in [3.63, 3.8) is 0 Å². The van der Waals surface area contributed by atoms with Gasteiger partial charge in [0.2, 0.25) is 0 Å². The van der Waals surface area contributed by atoms with E-state index in [1.54, 1.807) is 0 Å². The first kappa shape index (κ1) is 11.4. The average molecular weight is 233 g/mol. The molecule has 0 spiro atoms. The van der Waals surface area contributed by atoms with Crippen molar-refractivity contribution in [1.82, 2.24) is 5.32 Å². The van der Waals surface area contributed by atoms with Gasteiger partial charge in [0.05, 0.1) is 17.6 Å². The van der Waals surface area contributed by atoms with Crippen LogP contribution in [0.5, 0.6) is 0 Å². The van der Waals surface area contributed by atoms with Crippen molar-refractivity contribution >= 4 is 9.84 Å². The monoisotopic (exact) mass is 233 g/mol. The zero-order valence-corrected chi connectivity index (χ0v) is 9.67. The topological polar surface area (TPSA) is 66.4 Å². The smallest absolute Gasteiger partial charge is 0.153 e. The van der Waals surface area contributed by atoms with Gasteiger partial charge in [-0.05, 0) is 31.7 Å². The van der Waals surface area contributed by atoms with Crippen LogP contribution in [-0.4, -0.2) is 43.7 Å². The van der Waals surface area contributed by atoms with Crippen LogP contribution in [0.15, 0.2) is 0 Å². The quantitative estimate of drug-likeness (QED) is 0.700. The zero-order valence-electron chi connectivity index (χ0n) is 8.85. The maximum absolute atomic E-state index is 11.9. The largest absolute Gasteiger partial charge is 0.395 e. The fourth-order valence-corrected chi connectivity index (χ4v) is 5.01. The van der Waals surface area contributed by atoms with Crippen molar-refractivity contribution in [2.24, 2.45) is 5.92 Å². The van der Waals surface area contributed by atoms with E-state index < -0.39 is 9.84 Å². The van der Waals surface area contributed by atoms with E-state index in [1.165, 1.54) is 0 Å². The molecule has 2 fully saturated rings. The lowest BCUT2D eigenvalue weighted by molar-refractivity contribution is 0.252. The normalized spacial score (nSPS) is 40.5. The molecule has 15 heavy (non-hydrogen) atoms. The third-order valence-electron chi connectivity index (χ3n) is 3.63. The second kappa shape index (κ2) is 4.39.